The molecule has 0 aliphatic carbocycles. The molecule has 1 aromatic rings. The minimum Gasteiger partial charge on any atom is -0.480 e. The van der Waals surface area contributed by atoms with E-state index in [1.807, 2.05) is 26.0 Å². The van der Waals surface area contributed by atoms with Crippen LogP contribution in [0.2, 0.25) is 0 Å². The summed E-state index contributed by atoms with van der Waals surface area (Å²) in [6.07, 6.45) is 0.190. The Morgan fingerprint density at radius 1 is 1.40 bits per heavy atom. The van der Waals surface area contributed by atoms with Gasteiger partial charge in [-0.1, -0.05) is 15.9 Å². The molecule has 2 unspecified atom stereocenters. The smallest absolute Gasteiger partial charge is 0.262 e. The highest BCUT2D eigenvalue weighted by Crippen LogP contribution is 2.30. The first-order valence-corrected chi connectivity index (χ1v) is 7.44. The van der Waals surface area contributed by atoms with Gasteiger partial charge < -0.3 is 15.4 Å². The number of carbonyl (C=O) groups is 1. The highest BCUT2D eigenvalue weighted by Gasteiger charge is 2.20. The summed E-state index contributed by atoms with van der Waals surface area (Å²) in [6.45, 7) is 5.69. The summed E-state index contributed by atoms with van der Waals surface area (Å²) >= 11 is 3.48. The predicted molar refractivity (Wildman–Crippen MR) is 85.0 cm³/mol. The zero-order valence-corrected chi connectivity index (χ0v) is 14.3. The zero-order valence-electron chi connectivity index (χ0n) is 12.7. The number of rotatable bonds is 5. The molecule has 4 nitrogen and oxygen atoms in total. The number of hydrogen-bond acceptors (Lipinski definition) is 3. The molecule has 112 valence electrons. The highest BCUT2D eigenvalue weighted by molar-refractivity contribution is 9.10. The number of likely N-dealkylation sites (N-methyl/N-ethyl adjacent to an activating group) is 1. The maximum atomic E-state index is 11.9. The molecule has 0 bridgehead atoms. The van der Waals surface area contributed by atoms with Gasteiger partial charge in [0.05, 0.1) is 0 Å². The van der Waals surface area contributed by atoms with Gasteiger partial charge in [-0.3, -0.25) is 4.79 Å². The minimum absolute atomic E-state index is 0.0332. The van der Waals surface area contributed by atoms with E-state index < -0.39 is 6.10 Å². The van der Waals surface area contributed by atoms with E-state index in [1.54, 1.807) is 21.0 Å². The van der Waals surface area contributed by atoms with Crippen molar-refractivity contribution in [1.82, 2.24) is 4.90 Å². The van der Waals surface area contributed by atoms with Gasteiger partial charge in [-0.05, 0) is 50.5 Å². The summed E-state index contributed by atoms with van der Waals surface area (Å²) < 4.78 is 6.88. The summed E-state index contributed by atoms with van der Waals surface area (Å²) in [5, 5.41) is 0. The molecule has 20 heavy (non-hydrogen) atoms. The Morgan fingerprint density at radius 3 is 2.50 bits per heavy atom. The first-order chi connectivity index (χ1) is 9.22. The van der Waals surface area contributed by atoms with E-state index >= 15 is 0 Å². The Kier molecular flexibility index (Phi) is 6.02. The molecule has 0 aliphatic rings. The van der Waals surface area contributed by atoms with Crippen molar-refractivity contribution in [1.29, 1.82) is 0 Å². The minimum atomic E-state index is -0.517. The fourth-order valence-corrected chi connectivity index (χ4v) is 2.68. The second-order valence-electron chi connectivity index (χ2n) is 5.39. The molecule has 1 aromatic carbocycles. The van der Waals surface area contributed by atoms with Crippen LogP contribution < -0.4 is 10.5 Å². The Hall–Kier alpha value is -1.07. The molecule has 0 saturated heterocycles. The number of aryl methyl sites for hydroxylation is 1. The third kappa shape index (κ3) is 4.49. The largest absolute Gasteiger partial charge is 0.480 e. The molecule has 2 atom stereocenters. The lowest BCUT2D eigenvalue weighted by atomic mass is 10.0. The van der Waals surface area contributed by atoms with Crippen molar-refractivity contribution in [3.63, 3.8) is 0 Å². The molecule has 5 heteroatoms. The first kappa shape index (κ1) is 17.0. The number of nitrogens with zero attached hydrogens (tertiary/aromatic N) is 1. The summed E-state index contributed by atoms with van der Waals surface area (Å²) in [5.74, 6) is 0.701. The molecule has 2 N–H and O–H groups in total. The summed E-state index contributed by atoms with van der Waals surface area (Å²) in [6, 6.07) is 4.01. The van der Waals surface area contributed by atoms with Crippen LogP contribution in [0.25, 0.3) is 0 Å². The standard InChI is InChI=1S/C15H23BrN2O2/c1-9-6-13(16)8-12(7-10(2)17)14(9)20-11(3)15(19)18(4)5/h6,8,10-11H,7,17H2,1-5H3. The number of nitrogens with two attached hydrogens (primary N) is 1. The van der Waals surface area contributed by atoms with Crippen molar-refractivity contribution in [2.75, 3.05) is 14.1 Å². The van der Waals surface area contributed by atoms with Gasteiger partial charge in [0.15, 0.2) is 6.10 Å². The Bertz CT molecular complexity index is 487. The Morgan fingerprint density at radius 2 is 2.00 bits per heavy atom. The molecule has 0 fully saturated rings. The average Bonchev–Trinajstić information content (AvgIpc) is 2.31. The van der Waals surface area contributed by atoms with E-state index in [-0.39, 0.29) is 11.9 Å². The van der Waals surface area contributed by atoms with Crippen LogP contribution in [0.1, 0.15) is 25.0 Å². The first-order valence-electron chi connectivity index (χ1n) is 6.64. The third-order valence-corrected chi connectivity index (χ3v) is 3.40. The van der Waals surface area contributed by atoms with E-state index in [0.29, 0.717) is 6.42 Å². The molecular weight excluding hydrogens is 320 g/mol. The lowest BCUT2D eigenvalue weighted by Gasteiger charge is -2.22. The van der Waals surface area contributed by atoms with Gasteiger partial charge in [0.2, 0.25) is 0 Å². The molecular formula is C15H23BrN2O2. The van der Waals surface area contributed by atoms with E-state index in [2.05, 4.69) is 15.9 Å². The number of halogens is 1. The maximum absolute atomic E-state index is 11.9. The van der Waals surface area contributed by atoms with Gasteiger partial charge in [0.1, 0.15) is 5.75 Å². The van der Waals surface area contributed by atoms with Crippen LogP contribution in [0.4, 0.5) is 0 Å². The van der Waals surface area contributed by atoms with Gasteiger partial charge in [-0.15, -0.1) is 0 Å². The van der Waals surface area contributed by atoms with E-state index in [1.165, 1.54) is 4.90 Å². The second-order valence-corrected chi connectivity index (χ2v) is 6.30. The average molecular weight is 343 g/mol. The van der Waals surface area contributed by atoms with Crippen molar-refractivity contribution >= 4 is 21.8 Å². The lowest BCUT2D eigenvalue weighted by molar-refractivity contribution is -0.135. The fraction of sp³-hybridized carbons (Fsp3) is 0.533. The van der Waals surface area contributed by atoms with Crippen molar-refractivity contribution in [2.24, 2.45) is 5.73 Å². The summed E-state index contributed by atoms with van der Waals surface area (Å²) in [4.78, 5) is 13.5. The Labute approximate surface area is 129 Å². The predicted octanol–water partition coefficient (Wildman–Crippen LogP) is 2.50. The topological polar surface area (TPSA) is 55.6 Å². The lowest BCUT2D eigenvalue weighted by Crippen LogP contribution is -2.35. The van der Waals surface area contributed by atoms with Gasteiger partial charge in [-0.25, -0.2) is 0 Å². The van der Waals surface area contributed by atoms with Crippen LogP contribution in [0.3, 0.4) is 0 Å². The van der Waals surface area contributed by atoms with Crippen LogP contribution in [-0.2, 0) is 11.2 Å². The normalized spacial score (nSPS) is 13.8. The highest BCUT2D eigenvalue weighted by atomic mass is 79.9. The molecule has 0 aliphatic heterocycles. The summed E-state index contributed by atoms with van der Waals surface area (Å²) in [5.41, 5.74) is 7.90. The quantitative estimate of drug-likeness (QED) is 0.894. The molecule has 1 rings (SSSR count). The van der Waals surface area contributed by atoms with Gasteiger partial charge in [0.25, 0.3) is 5.91 Å². The molecule has 0 heterocycles. The van der Waals surface area contributed by atoms with Crippen molar-refractivity contribution in [3.05, 3.63) is 27.7 Å². The fourth-order valence-electron chi connectivity index (χ4n) is 2.06. The van der Waals surface area contributed by atoms with Gasteiger partial charge >= 0.3 is 0 Å². The molecule has 0 radical (unpaired) electrons. The number of amides is 1. The maximum Gasteiger partial charge on any atom is 0.262 e. The van der Waals surface area contributed by atoms with E-state index in [0.717, 1.165) is 21.3 Å². The number of benzene rings is 1. The van der Waals surface area contributed by atoms with Crippen molar-refractivity contribution in [3.8, 4) is 5.75 Å². The monoisotopic (exact) mass is 342 g/mol. The molecule has 0 spiro atoms. The molecule has 0 aromatic heterocycles. The third-order valence-electron chi connectivity index (χ3n) is 2.94. The van der Waals surface area contributed by atoms with Crippen LogP contribution >= 0.6 is 15.9 Å². The van der Waals surface area contributed by atoms with Crippen LogP contribution in [0, 0.1) is 6.92 Å². The van der Waals surface area contributed by atoms with Crippen LogP contribution in [0.5, 0.6) is 5.75 Å². The number of hydrogen-bond donors (Lipinski definition) is 1. The summed E-state index contributed by atoms with van der Waals surface area (Å²) in [7, 11) is 3.44. The zero-order chi connectivity index (χ0) is 15.4. The van der Waals surface area contributed by atoms with Crippen LogP contribution in [-0.4, -0.2) is 37.0 Å². The van der Waals surface area contributed by atoms with Crippen molar-refractivity contribution < 1.29 is 9.53 Å². The second kappa shape index (κ2) is 7.09. The number of ether oxygens (including phenoxy) is 1. The number of carbonyl (C=O) groups excluding carboxylic acids is 1. The molecule has 0 saturated carbocycles. The SMILES string of the molecule is Cc1cc(Br)cc(CC(C)N)c1OC(C)C(=O)N(C)C. The van der Waals surface area contributed by atoms with E-state index in [9.17, 15) is 4.79 Å². The van der Waals surface area contributed by atoms with Gasteiger partial charge in [-0.2, -0.15) is 0 Å². The van der Waals surface area contributed by atoms with E-state index in [4.69, 9.17) is 10.5 Å². The Balaban J connectivity index is 3.06. The van der Waals surface area contributed by atoms with Crippen LogP contribution in [0.15, 0.2) is 16.6 Å². The van der Waals surface area contributed by atoms with Crippen molar-refractivity contribution in [2.45, 2.75) is 39.3 Å². The molecule has 1 amide bonds. The van der Waals surface area contributed by atoms with Gasteiger partial charge in [0, 0.05) is 24.6 Å².